The van der Waals surface area contributed by atoms with Crippen molar-refractivity contribution >= 4 is 22.6 Å². The van der Waals surface area contributed by atoms with Gasteiger partial charge in [0.2, 0.25) is 0 Å². The number of rotatable bonds is 2. The largest absolute Gasteiger partial charge is 0.313 e. The number of halogens is 1. The maximum atomic E-state index is 3.24. The average molecular weight is 275 g/mol. The molecule has 1 nitrogen and oxygen atoms in total. The van der Waals surface area contributed by atoms with Crippen molar-refractivity contribution in [2.24, 2.45) is 0 Å². The second-order valence-electron chi connectivity index (χ2n) is 3.01. The lowest BCUT2D eigenvalue weighted by atomic mass is 10.0. The second-order valence-corrected chi connectivity index (χ2v) is 4.26. The van der Waals surface area contributed by atoms with Crippen molar-refractivity contribution in [1.29, 1.82) is 0 Å². The molecule has 1 aromatic rings. The van der Waals surface area contributed by atoms with Crippen LogP contribution in [0.25, 0.3) is 0 Å². The third-order valence-electron chi connectivity index (χ3n) is 2.13. The van der Waals surface area contributed by atoms with Crippen LogP contribution >= 0.6 is 22.6 Å². The van der Waals surface area contributed by atoms with Crippen LogP contribution in [0.3, 0.4) is 0 Å². The molecule has 1 N–H and O–H groups in total. The highest BCUT2D eigenvalue weighted by molar-refractivity contribution is 14.1. The molecule has 12 heavy (non-hydrogen) atoms. The molecule has 1 aromatic carbocycles. The smallest absolute Gasteiger partial charge is 0.0291 e. The molecule has 0 saturated carbocycles. The van der Waals surface area contributed by atoms with E-state index in [0.29, 0.717) is 6.04 Å². The van der Waals surface area contributed by atoms with Gasteiger partial charge in [-0.2, -0.15) is 0 Å². The molecule has 0 aliphatic heterocycles. The maximum absolute atomic E-state index is 3.24. The highest BCUT2D eigenvalue weighted by Gasteiger charge is 2.04. The molecule has 0 amide bonds. The van der Waals surface area contributed by atoms with Crippen LogP contribution in [0.5, 0.6) is 0 Å². The summed E-state index contributed by atoms with van der Waals surface area (Å²) < 4.78 is 1.30. The zero-order valence-corrected chi connectivity index (χ0v) is 9.84. The minimum Gasteiger partial charge on any atom is -0.313 e. The molecule has 0 radical (unpaired) electrons. The number of nitrogens with one attached hydrogen (secondary N) is 1. The Morgan fingerprint density at radius 2 is 2.08 bits per heavy atom. The third-order valence-corrected chi connectivity index (χ3v) is 2.80. The van der Waals surface area contributed by atoms with Gasteiger partial charge in [-0.05, 0) is 66.7 Å². The van der Waals surface area contributed by atoms with E-state index in [1.807, 2.05) is 7.05 Å². The van der Waals surface area contributed by atoms with Crippen molar-refractivity contribution in [3.05, 3.63) is 32.9 Å². The molecule has 1 atom stereocenters. The maximum Gasteiger partial charge on any atom is 0.0291 e. The van der Waals surface area contributed by atoms with Gasteiger partial charge in [-0.25, -0.2) is 0 Å². The Morgan fingerprint density at radius 1 is 1.42 bits per heavy atom. The molecular formula is C10H14IN. The normalized spacial score (nSPS) is 13.0. The molecule has 1 rings (SSSR count). The summed E-state index contributed by atoms with van der Waals surface area (Å²) in [5.74, 6) is 0. The van der Waals surface area contributed by atoms with Gasteiger partial charge in [0, 0.05) is 9.61 Å². The Morgan fingerprint density at radius 3 is 2.58 bits per heavy atom. The quantitative estimate of drug-likeness (QED) is 0.818. The van der Waals surface area contributed by atoms with Crippen molar-refractivity contribution in [2.45, 2.75) is 19.9 Å². The lowest BCUT2D eigenvalue weighted by Gasteiger charge is -2.13. The van der Waals surface area contributed by atoms with Crippen LogP contribution in [0, 0.1) is 10.5 Å². The van der Waals surface area contributed by atoms with Crippen LogP contribution in [0.4, 0.5) is 0 Å². The standard InChI is InChI=1S/C10H14IN/c1-7-6-9(11)4-5-10(7)8(2)12-3/h4-6,8,12H,1-3H3. The average Bonchev–Trinajstić information content (AvgIpc) is 2.03. The highest BCUT2D eigenvalue weighted by Crippen LogP contribution is 2.18. The minimum atomic E-state index is 0.446. The summed E-state index contributed by atoms with van der Waals surface area (Å²) in [5.41, 5.74) is 2.75. The minimum absolute atomic E-state index is 0.446. The van der Waals surface area contributed by atoms with E-state index in [0.717, 1.165) is 0 Å². The van der Waals surface area contributed by atoms with Gasteiger partial charge in [-0.1, -0.05) is 6.07 Å². The fourth-order valence-corrected chi connectivity index (χ4v) is 1.93. The van der Waals surface area contributed by atoms with Gasteiger partial charge in [0.05, 0.1) is 0 Å². The van der Waals surface area contributed by atoms with Gasteiger partial charge in [0.15, 0.2) is 0 Å². The SMILES string of the molecule is CNC(C)c1ccc(I)cc1C. The first-order valence-corrected chi connectivity index (χ1v) is 5.16. The van der Waals surface area contributed by atoms with Gasteiger partial charge in [0.25, 0.3) is 0 Å². The first kappa shape index (κ1) is 9.99. The molecular weight excluding hydrogens is 261 g/mol. The van der Waals surface area contributed by atoms with Crippen molar-refractivity contribution in [2.75, 3.05) is 7.05 Å². The Hall–Kier alpha value is -0.0900. The Labute approximate surface area is 87.7 Å². The van der Waals surface area contributed by atoms with E-state index in [1.165, 1.54) is 14.7 Å². The van der Waals surface area contributed by atoms with Crippen molar-refractivity contribution in [3.8, 4) is 0 Å². The molecule has 2 heteroatoms. The molecule has 0 fully saturated rings. The number of hydrogen-bond acceptors (Lipinski definition) is 1. The van der Waals surface area contributed by atoms with Crippen LogP contribution in [-0.4, -0.2) is 7.05 Å². The lowest BCUT2D eigenvalue weighted by Crippen LogP contribution is -2.13. The lowest BCUT2D eigenvalue weighted by molar-refractivity contribution is 0.648. The first-order chi connectivity index (χ1) is 5.65. The summed E-state index contributed by atoms with van der Waals surface area (Å²) in [6, 6.07) is 7.00. The molecule has 0 bridgehead atoms. The zero-order valence-electron chi connectivity index (χ0n) is 7.69. The third kappa shape index (κ3) is 2.20. The summed E-state index contributed by atoms with van der Waals surface area (Å²) >= 11 is 2.34. The van der Waals surface area contributed by atoms with Gasteiger partial charge < -0.3 is 5.32 Å². The van der Waals surface area contributed by atoms with E-state index in [-0.39, 0.29) is 0 Å². The summed E-state index contributed by atoms with van der Waals surface area (Å²) in [4.78, 5) is 0. The van der Waals surface area contributed by atoms with E-state index in [1.54, 1.807) is 0 Å². The van der Waals surface area contributed by atoms with Crippen LogP contribution in [0.2, 0.25) is 0 Å². The predicted molar refractivity (Wildman–Crippen MR) is 61.4 cm³/mol. The molecule has 0 aliphatic carbocycles. The Bertz CT molecular complexity index is 271. The topological polar surface area (TPSA) is 12.0 Å². The fourth-order valence-electron chi connectivity index (χ4n) is 1.28. The molecule has 1 unspecified atom stereocenters. The van der Waals surface area contributed by atoms with E-state index < -0.39 is 0 Å². The highest BCUT2D eigenvalue weighted by atomic mass is 127. The molecule has 0 spiro atoms. The van der Waals surface area contributed by atoms with Gasteiger partial charge in [-0.15, -0.1) is 0 Å². The number of hydrogen-bond donors (Lipinski definition) is 1. The zero-order chi connectivity index (χ0) is 9.14. The number of aryl methyl sites for hydroxylation is 1. The van der Waals surface area contributed by atoms with E-state index in [9.17, 15) is 0 Å². The molecule has 0 heterocycles. The van der Waals surface area contributed by atoms with E-state index >= 15 is 0 Å². The van der Waals surface area contributed by atoms with Crippen LogP contribution in [0.15, 0.2) is 18.2 Å². The van der Waals surface area contributed by atoms with Gasteiger partial charge in [-0.3, -0.25) is 0 Å². The number of benzene rings is 1. The first-order valence-electron chi connectivity index (χ1n) is 4.08. The summed E-state index contributed by atoms with van der Waals surface area (Å²) in [6.07, 6.45) is 0. The van der Waals surface area contributed by atoms with Gasteiger partial charge >= 0.3 is 0 Å². The summed E-state index contributed by atoms with van der Waals surface area (Å²) in [6.45, 7) is 4.33. The predicted octanol–water partition coefficient (Wildman–Crippen LogP) is 2.88. The fraction of sp³-hybridized carbons (Fsp3) is 0.400. The molecule has 66 valence electrons. The van der Waals surface area contributed by atoms with Crippen LogP contribution in [0.1, 0.15) is 24.1 Å². The monoisotopic (exact) mass is 275 g/mol. The van der Waals surface area contributed by atoms with Crippen molar-refractivity contribution in [3.63, 3.8) is 0 Å². The summed E-state index contributed by atoms with van der Waals surface area (Å²) in [5, 5.41) is 3.24. The molecule has 0 aliphatic rings. The van der Waals surface area contributed by atoms with Gasteiger partial charge in [0.1, 0.15) is 0 Å². The second kappa shape index (κ2) is 4.23. The van der Waals surface area contributed by atoms with E-state index in [4.69, 9.17) is 0 Å². The Balaban J connectivity index is 3.01. The molecule has 0 aromatic heterocycles. The van der Waals surface area contributed by atoms with E-state index in [2.05, 4.69) is 60.0 Å². The Kier molecular flexibility index (Phi) is 3.53. The van der Waals surface area contributed by atoms with Crippen molar-refractivity contribution in [1.82, 2.24) is 5.32 Å². The summed E-state index contributed by atoms with van der Waals surface area (Å²) in [7, 11) is 1.99. The van der Waals surface area contributed by atoms with Crippen LogP contribution < -0.4 is 5.32 Å². The van der Waals surface area contributed by atoms with Crippen molar-refractivity contribution < 1.29 is 0 Å². The molecule has 0 saturated heterocycles. The van der Waals surface area contributed by atoms with Crippen LogP contribution in [-0.2, 0) is 0 Å².